The molecule has 0 amide bonds. The zero-order valence-electron chi connectivity index (χ0n) is 2.79. The van der Waals surface area contributed by atoms with Gasteiger partial charge in [-0.25, -0.2) is 0 Å². The van der Waals surface area contributed by atoms with Crippen LogP contribution in [0.2, 0.25) is 4.43 Å². The average Bonchev–Trinajstić information content (AvgIpc) is 1.37. The summed E-state index contributed by atoms with van der Waals surface area (Å²) in [5.74, 6) is 0. The number of alkyl halides is 1. The standard InChI is InChI=1S/CH2Cl.CH3.Hg/c1-2;;/h1H2;1H3;. The van der Waals surface area contributed by atoms with Crippen molar-refractivity contribution >= 4 is 11.6 Å². The van der Waals surface area contributed by atoms with E-state index in [9.17, 15) is 0 Å². The van der Waals surface area contributed by atoms with Crippen LogP contribution in [-0.4, -0.2) is 3.39 Å². The van der Waals surface area contributed by atoms with Crippen molar-refractivity contribution < 1.29 is 24.6 Å². The molecular weight excluding hydrogens is 260 g/mol. The summed E-state index contributed by atoms with van der Waals surface area (Å²) >= 11 is 4.94. The van der Waals surface area contributed by atoms with E-state index < -0.39 is 0 Å². The Labute approximate surface area is 44.0 Å². The molecule has 0 N–H and O–H groups in total. The molecule has 0 aliphatic carbocycles. The molecule has 0 fully saturated rings. The second-order valence-electron chi connectivity index (χ2n) is 0.689. The molecule has 0 aliphatic heterocycles. The molecule has 0 aromatic heterocycles. The third-order valence-corrected chi connectivity index (χ3v) is 4.97. The van der Waals surface area contributed by atoms with Crippen molar-refractivity contribution in [3.63, 3.8) is 0 Å². The fraction of sp³-hybridized carbons (Fsp3) is 1.00. The second kappa shape index (κ2) is 4.23. The summed E-state index contributed by atoms with van der Waals surface area (Å²) in [7, 11) is 0. The first kappa shape index (κ1) is 5.23. The van der Waals surface area contributed by atoms with Gasteiger partial charge in [0, 0.05) is 0 Å². The van der Waals surface area contributed by atoms with Gasteiger partial charge >= 0.3 is 44.0 Å². The van der Waals surface area contributed by atoms with E-state index in [1.807, 2.05) is 0 Å². The van der Waals surface area contributed by atoms with Crippen LogP contribution in [-0.2, 0) is 24.6 Å². The first-order chi connectivity index (χ1) is 1.91. The predicted octanol–water partition coefficient (Wildman–Crippen LogP) is 1.31. The van der Waals surface area contributed by atoms with E-state index in [4.69, 9.17) is 11.6 Å². The monoisotopic (exact) mass is 266 g/mol. The Balaban J connectivity index is 1.97. The molecule has 0 rings (SSSR count). The normalized spacial score (nSPS) is 5.50. The van der Waals surface area contributed by atoms with E-state index in [1.165, 1.54) is 0 Å². The number of rotatable bonds is 1. The van der Waals surface area contributed by atoms with Crippen molar-refractivity contribution in [2.24, 2.45) is 0 Å². The maximum absolute atomic E-state index is 5.28. The van der Waals surface area contributed by atoms with Crippen LogP contribution in [0.25, 0.3) is 0 Å². The van der Waals surface area contributed by atoms with Crippen molar-refractivity contribution in [2.75, 3.05) is 3.39 Å². The van der Waals surface area contributed by atoms with Gasteiger partial charge < -0.3 is 0 Å². The number of hydrogen-bond donors (Lipinski definition) is 0. The van der Waals surface area contributed by atoms with E-state index >= 15 is 0 Å². The van der Waals surface area contributed by atoms with E-state index in [2.05, 4.69) is 4.43 Å². The number of halogens is 1. The molecule has 0 aliphatic rings. The average molecular weight is 265 g/mol. The van der Waals surface area contributed by atoms with Crippen LogP contribution in [0.5, 0.6) is 0 Å². The summed E-state index contributed by atoms with van der Waals surface area (Å²) in [6, 6.07) is 0. The quantitative estimate of drug-likeness (QED) is 0.495. The summed E-state index contributed by atoms with van der Waals surface area (Å²) in [5.41, 5.74) is 0. The van der Waals surface area contributed by atoms with Crippen LogP contribution in [0, 0.1) is 0 Å². The van der Waals surface area contributed by atoms with Gasteiger partial charge in [0.1, 0.15) is 0 Å². The van der Waals surface area contributed by atoms with E-state index in [0.29, 0.717) is 0 Å². The predicted molar refractivity (Wildman–Crippen MR) is 16.6 cm³/mol. The molecule has 0 aromatic carbocycles. The van der Waals surface area contributed by atoms with Gasteiger partial charge in [-0.2, -0.15) is 0 Å². The molecule has 0 atom stereocenters. The first-order valence-corrected chi connectivity index (χ1v) is 11.4. The fourth-order valence-electron chi connectivity index (χ4n) is 0. The van der Waals surface area contributed by atoms with Gasteiger partial charge in [-0.1, -0.05) is 0 Å². The molecule has 22 valence electrons. The Morgan fingerprint density at radius 1 is 2.00 bits per heavy atom. The van der Waals surface area contributed by atoms with Crippen molar-refractivity contribution in [1.29, 1.82) is 0 Å². The summed E-state index contributed by atoms with van der Waals surface area (Å²) in [6.45, 7) is 0. The molecule has 0 spiro atoms. The molecule has 2 heteroatoms. The molecule has 0 nitrogen and oxygen atoms in total. The first-order valence-electron chi connectivity index (χ1n) is 1.47. The van der Waals surface area contributed by atoms with Gasteiger partial charge in [0.05, 0.1) is 0 Å². The van der Waals surface area contributed by atoms with Gasteiger partial charge in [-0.05, 0) is 0 Å². The van der Waals surface area contributed by atoms with Crippen LogP contribution < -0.4 is 0 Å². The van der Waals surface area contributed by atoms with E-state index in [-0.39, 0.29) is 24.6 Å². The van der Waals surface area contributed by atoms with Crippen LogP contribution in [0.15, 0.2) is 0 Å². The summed E-state index contributed by atoms with van der Waals surface area (Å²) in [4.78, 5) is 0. The Kier molecular flexibility index (Phi) is 5.52. The molecule has 0 aromatic rings. The summed E-state index contributed by atoms with van der Waals surface area (Å²) in [6.07, 6.45) is 0. The molecule has 0 saturated heterocycles. The maximum atomic E-state index is 5.28. The third-order valence-electron chi connectivity index (χ3n) is 0.189. The molecule has 4 heavy (non-hydrogen) atoms. The Hall–Kier alpha value is 1.23. The van der Waals surface area contributed by atoms with Crippen molar-refractivity contribution in [3.8, 4) is 0 Å². The van der Waals surface area contributed by atoms with Crippen LogP contribution >= 0.6 is 11.6 Å². The van der Waals surface area contributed by atoms with Gasteiger partial charge in [0.2, 0.25) is 0 Å². The van der Waals surface area contributed by atoms with Crippen LogP contribution in [0.4, 0.5) is 0 Å². The Morgan fingerprint density at radius 2 is 2.25 bits per heavy atom. The zero-order valence-corrected chi connectivity index (χ0v) is 9.05. The van der Waals surface area contributed by atoms with Gasteiger partial charge in [-0.3, -0.25) is 0 Å². The molecular formula is C2H5ClHg. The van der Waals surface area contributed by atoms with Crippen molar-refractivity contribution in [1.82, 2.24) is 0 Å². The van der Waals surface area contributed by atoms with Gasteiger partial charge in [0.15, 0.2) is 0 Å². The van der Waals surface area contributed by atoms with Crippen LogP contribution in [0.1, 0.15) is 0 Å². The fourth-order valence-corrected chi connectivity index (χ4v) is 0. The summed E-state index contributed by atoms with van der Waals surface area (Å²) in [5, 5.41) is 0. The Morgan fingerprint density at radius 3 is 2.25 bits per heavy atom. The van der Waals surface area contributed by atoms with Gasteiger partial charge in [-0.15, -0.1) is 0 Å². The van der Waals surface area contributed by atoms with Crippen molar-refractivity contribution in [3.05, 3.63) is 0 Å². The zero-order chi connectivity index (χ0) is 3.41. The molecule has 0 saturated carbocycles. The second-order valence-corrected chi connectivity index (χ2v) is 9.36. The molecule has 0 unspecified atom stereocenters. The summed E-state index contributed by atoms with van der Waals surface area (Å²) < 4.78 is 3.28. The molecule has 0 bridgehead atoms. The third kappa shape index (κ3) is 3.23. The molecule has 0 heterocycles. The minimum atomic E-state index is -0.347. The van der Waals surface area contributed by atoms with E-state index in [0.717, 1.165) is 3.39 Å². The molecule has 0 radical (unpaired) electrons. The van der Waals surface area contributed by atoms with Gasteiger partial charge in [0.25, 0.3) is 0 Å². The number of hydrogen-bond acceptors (Lipinski definition) is 0. The minimum absolute atomic E-state index is 0.347. The van der Waals surface area contributed by atoms with Crippen molar-refractivity contribution in [2.45, 2.75) is 4.43 Å². The Bertz CT molecular complexity index is 8.00. The van der Waals surface area contributed by atoms with E-state index in [1.54, 1.807) is 0 Å². The van der Waals surface area contributed by atoms with Crippen LogP contribution in [0.3, 0.4) is 0 Å². The topological polar surface area (TPSA) is 0 Å². The SMILES string of the molecule is [CH3][Hg][CH2]Cl.